The van der Waals surface area contributed by atoms with E-state index in [0.29, 0.717) is 21.8 Å². The van der Waals surface area contributed by atoms with Crippen molar-refractivity contribution in [2.24, 2.45) is 0 Å². The van der Waals surface area contributed by atoms with Gasteiger partial charge in [-0.15, -0.1) is 0 Å². The molecular formula is C18H23N2O3+. The Morgan fingerprint density at radius 3 is 2.70 bits per heavy atom. The summed E-state index contributed by atoms with van der Waals surface area (Å²) >= 11 is 0. The number of nitrogens with one attached hydrogen (secondary N) is 1. The molecular weight excluding hydrogens is 292 g/mol. The van der Waals surface area contributed by atoms with Crippen molar-refractivity contribution in [1.29, 1.82) is 0 Å². The average molecular weight is 315 g/mol. The van der Waals surface area contributed by atoms with Gasteiger partial charge in [0.15, 0.2) is 11.8 Å². The molecule has 0 spiro atoms. The maximum atomic E-state index is 12.7. The first-order chi connectivity index (χ1) is 11.1. The lowest BCUT2D eigenvalue weighted by atomic mass is 9.98. The minimum Gasteiger partial charge on any atom is -0.489 e. The predicted molar refractivity (Wildman–Crippen MR) is 86.7 cm³/mol. The van der Waals surface area contributed by atoms with E-state index in [1.54, 1.807) is 12.1 Å². The van der Waals surface area contributed by atoms with Crippen molar-refractivity contribution < 1.29 is 18.8 Å². The van der Waals surface area contributed by atoms with Crippen LogP contribution in [0.5, 0.6) is 0 Å². The van der Waals surface area contributed by atoms with Crippen LogP contribution in [-0.4, -0.2) is 55.4 Å². The van der Waals surface area contributed by atoms with Crippen LogP contribution in [0.2, 0.25) is 0 Å². The van der Waals surface area contributed by atoms with Crippen LogP contribution in [0.25, 0.3) is 0 Å². The molecule has 5 heteroatoms. The minimum absolute atomic E-state index is 0.00464. The van der Waals surface area contributed by atoms with Crippen molar-refractivity contribution in [2.75, 3.05) is 27.2 Å². The van der Waals surface area contributed by atoms with E-state index in [4.69, 9.17) is 4.74 Å². The van der Waals surface area contributed by atoms with Gasteiger partial charge in [0.25, 0.3) is 5.78 Å². The first kappa shape index (κ1) is 15.9. The Bertz CT molecular complexity index is 635. The van der Waals surface area contributed by atoms with Gasteiger partial charge in [-0.25, -0.2) is 0 Å². The first-order valence-corrected chi connectivity index (χ1v) is 8.02. The van der Waals surface area contributed by atoms with Crippen molar-refractivity contribution in [3.8, 4) is 0 Å². The second-order valence-electron chi connectivity index (χ2n) is 6.44. The molecule has 0 radical (unpaired) electrons. The second-order valence-corrected chi connectivity index (χ2v) is 6.44. The smallest absolute Gasteiger partial charge is 0.260 e. The number of carbonyl (C=O) groups excluding carboxylic acids is 2. The van der Waals surface area contributed by atoms with Crippen molar-refractivity contribution in [1.82, 2.24) is 5.32 Å². The number of hydrogen-bond donors (Lipinski definition) is 1. The standard InChI is InChI=1S/C18H23N2O3/c1-20(14-8-9-19-11-14)12-17(23-2)18(22)15(20)10-16(21)13-6-4-3-5-7-13/h3-7,12,14-15,19H,8-11H2,1-2H3/q+1. The molecule has 23 heavy (non-hydrogen) atoms. The molecule has 1 saturated heterocycles. The van der Waals surface area contributed by atoms with Crippen LogP contribution in [0, 0.1) is 0 Å². The summed E-state index contributed by atoms with van der Waals surface area (Å²) in [5, 5.41) is 3.35. The summed E-state index contributed by atoms with van der Waals surface area (Å²) in [4.78, 5) is 25.3. The zero-order valence-corrected chi connectivity index (χ0v) is 13.6. The normalized spacial score (nSPS) is 30.3. The summed E-state index contributed by atoms with van der Waals surface area (Å²) in [5.41, 5.74) is 0.655. The first-order valence-electron chi connectivity index (χ1n) is 8.02. The fourth-order valence-electron chi connectivity index (χ4n) is 3.66. The van der Waals surface area contributed by atoms with Gasteiger partial charge in [-0.1, -0.05) is 30.3 Å². The summed E-state index contributed by atoms with van der Waals surface area (Å²) in [6.45, 7) is 1.80. The van der Waals surface area contributed by atoms with E-state index in [1.807, 2.05) is 31.4 Å². The molecule has 2 aliphatic heterocycles. The summed E-state index contributed by atoms with van der Waals surface area (Å²) in [5.74, 6) is 0.321. The SMILES string of the molecule is COC1=C[N+](C)(C2CCNC2)C(CC(=O)c2ccccc2)C1=O. The Morgan fingerprint density at radius 2 is 2.09 bits per heavy atom. The van der Waals surface area contributed by atoms with Crippen LogP contribution in [0.4, 0.5) is 0 Å². The van der Waals surface area contributed by atoms with E-state index in [0.717, 1.165) is 19.5 Å². The quantitative estimate of drug-likeness (QED) is 0.661. The molecule has 3 rings (SSSR count). The molecule has 1 aromatic carbocycles. The largest absolute Gasteiger partial charge is 0.489 e. The zero-order valence-electron chi connectivity index (χ0n) is 13.6. The van der Waals surface area contributed by atoms with Gasteiger partial charge in [0.1, 0.15) is 12.2 Å². The Morgan fingerprint density at radius 1 is 1.35 bits per heavy atom. The number of Topliss-reactive ketones (excluding diaryl/α,β-unsaturated/α-hetero) is 2. The van der Waals surface area contributed by atoms with Crippen LogP contribution in [0.1, 0.15) is 23.2 Å². The van der Waals surface area contributed by atoms with Gasteiger partial charge in [-0.05, 0) is 0 Å². The number of ketones is 2. The number of nitrogens with zero attached hydrogens (tertiary/aromatic N) is 1. The van der Waals surface area contributed by atoms with Crippen LogP contribution >= 0.6 is 0 Å². The third-order valence-electron chi connectivity index (χ3n) is 5.13. The fourth-order valence-corrected chi connectivity index (χ4v) is 3.66. The van der Waals surface area contributed by atoms with Crippen LogP contribution in [0.15, 0.2) is 42.3 Å². The molecule has 0 saturated carbocycles. The molecule has 1 aromatic rings. The molecule has 2 aliphatic rings. The van der Waals surface area contributed by atoms with Gasteiger partial charge in [-0.2, -0.15) is 0 Å². The lowest BCUT2D eigenvalue weighted by molar-refractivity contribution is -0.894. The zero-order chi connectivity index (χ0) is 16.4. The van der Waals surface area contributed by atoms with E-state index in [-0.39, 0.29) is 18.0 Å². The minimum atomic E-state index is -0.400. The van der Waals surface area contributed by atoms with Crippen molar-refractivity contribution >= 4 is 11.6 Å². The van der Waals surface area contributed by atoms with Gasteiger partial charge < -0.3 is 10.1 Å². The van der Waals surface area contributed by atoms with Crippen LogP contribution < -0.4 is 5.32 Å². The van der Waals surface area contributed by atoms with Crippen LogP contribution in [-0.2, 0) is 9.53 Å². The van der Waals surface area contributed by atoms with E-state index in [9.17, 15) is 9.59 Å². The van der Waals surface area contributed by atoms with Gasteiger partial charge in [0, 0.05) is 25.1 Å². The lowest BCUT2D eigenvalue weighted by Gasteiger charge is -2.37. The topological polar surface area (TPSA) is 55.4 Å². The van der Waals surface area contributed by atoms with Crippen molar-refractivity contribution in [3.63, 3.8) is 0 Å². The highest BCUT2D eigenvalue weighted by molar-refractivity contribution is 6.04. The van der Waals surface area contributed by atoms with E-state index >= 15 is 0 Å². The number of ether oxygens (including phenoxy) is 1. The second kappa shape index (κ2) is 6.26. The molecule has 0 aromatic heterocycles. The van der Waals surface area contributed by atoms with Gasteiger partial charge >= 0.3 is 0 Å². The third-order valence-corrected chi connectivity index (χ3v) is 5.13. The molecule has 122 valence electrons. The Labute approximate surface area is 136 Å². The molecule has 5 nitrogen and oxygen atoms in total. The van der Waals surface area contributed by atoms with Gasteiger partial charge in [0.2, 0.25) is 5.76 Å². The van der Waals surface area contributed by atoms with Gasteiger partial charge in [-0.3, -0.25) is 14.1 Å². The molecule has 2 heterocycles. The summed E-state index contributed by atoms with van der Waals surface area (Å²) < 4.78 is 5.71. The number of likely N-dealkylation sites (N-methyl/N-ethyl adjacent to an activating group) is 1. The number of carbonyl (C=O) groups is 2. The Kier molecular flexibility index (Phi) is 4.33. The molecule has 3 atom stereocenters. The maximum Gasteiger partial charge on any atom is 0.260 e. The molecule has 0 aliphatic carbocycles. The average Bonchev–Trinajstić information content (AvgIpc) is 3.19. The van der Waals surface area contributed by atoms with E-state index in [1.165, 1.54) is 7.11 Å². The summed E-state index contributed by atoms with van der Waals surface area (Å²) in [6, 6.07) is 9.06. The predicted octanol–water partition coefficient (Wildman–Crippen LogP) is 1.51. The number of benzene rings is 1. The highest BCUT2D eigenvalue weighted by Gasteiger charge is 2.52. The molecule has 0 bridgehead atoms. The Hall–Kier alpha value is -1.98. The molecule has 1 fully saturated rings. The number of rotatable bonds is 5. The summed E-state index contributed by atoms with van der Waals surface area (Å²) in [7, 11) is 3.55. The van der Waals surface area contributed by atoms with Crippen molar-refractivity contribution in [2.45, 2.75) is 24.9 Å². The molecule has 1 N–H and O–H groups in total. The van der Waals surface area contributed by atoms with Gasteiger partial charge in [0.05, 0.1) is 20.6 Å². The lowest BCUT2D eigenvalue weighted by Crippen LogP contribution is -2.56. The number of quaternary nitrogens is 1. The highest BCUT2D eigenvalue weighted by atomic mass is 16.5. The maximum absolute atomic E-state index is 12.7. The Balaban J connectivity index is 1.86. The number of hydrogen-bond acceptors (Lipinski definition) is 4. The fraction of sp³-hybridized carbons (Fsp3) is 0.444. The number of methoxy groups -OCH3 is 1. The highest BCUT2D eigenvalue weighted by Crippen LogP contribution is 2.33. The molecule has 3 unspecified atom stereocenters. The third kappa shape index (κ3) is 2.82. The van der Waals surface area contributed by atoms with Crippen molar-refractivity contribution in [3.05, 3.63) is 47.9 Å². The summed E-state index contributed by atoms with van der Waals surface area (Å²) in [6.07, 6.45) is 3.09. The monoisotopic (exact) mass is 315 g/mol. The van der Waals surface area contributed by atoms with E-state index < -0.39 is 6.04 Å². The molecule has 0 amide bonds. The van der Waals surface area contributed by atoms with E-state index in [2.05, 4.69) is 5.32 Å². The van der Waals surface area contributed by atoms with Crippen LogP contribution in [0.3, 0.4) is 0 Å².